The highest BCUT2D eigenvalue weighted by Crippen LogP contribution is 2.36. The van der Waals surface area contributed by atoms with Crippen molar-refractivity contribution < 1.29 is 9.18 Å². The van der Waals surface area contributed by atoms with Gasteiger partial charge in [0, 0.05) is 35.7 Å². The molecule has 162 valence electrons. The lowest BCUT2D eigenvalue weighted by atomic mass is 10.1. The minimum absolute atomic E-state index is 0.122. The zero-order chi connectivity index (χ0) is 22.8. The molecule has 0 saturated heterocycles. The van der Waals surface area contributed by atoms with E-state index in [1.807, 2.05) is 65.4 Å². The molecule has 0 fully saturated rings. The summed E-state index contributed by atoms with van der Waals surface area (Å²) in [4.78, 5) is 20.3. The van der Waals surface area contributed by atoms with Crippen LogP contribution in [0.15, 0.2) is 91.4 Å². The van der Waals surface area contributed by atoms with Crippen LogP contribution < -0.4 is 10.6 Å². The summed E-state index contributed by atoms with van der Waals surface area (Å²) in [6.07, 6.45) is 3.50. The van der Waals surface area contributed by atoms with Crippen molar-refractivity contribution in [2.24, 2.45) is 0 Å². The Morgan fingerprint density at radius 1 is 0.879 bits per heavy atom. The number of amides is 1. The maximum absolute atomic E-state index is 13.5. The summed E-state index contributed by atoms with van der Waals surface area (Å²) < 4.78 is 15.5. The van der Waals surface area contributed by atoms with Crippen molar-refractivity contribution in [3.05, 3.63) is 97.2 Å². The molecular weight excluding hydrogens is 417 g/mol. The fourth-order valence-corrected chi connectivity index (χ4v) is 3.77. The Labute approximate surface area is 189 Å². The van der Waals surface area contributed by atoms with Crippen LogP contribution in [0.1, 0.15) is 6.92 Å². The maximum Gasteiger partial charge on any atom is 0.221 e. The lowest BCUT2D eigenvalue weighted by Crippen LogP contribution is -2.05. The van der Waals surface area contributed by atoms with Gasteiger partial charge in [-0.1, -0.05) is 30.3 Å². The van der Waals surface area contributed by atoms with E-state index in [0.717, 1.165) is 27.9 Å². The normalized spacial score (nSPS) is 10.8. The van der Waals surface area contributed by atoms with E-state index in [0.29, 0.717) is 17.2 Å². The highest BCUT2D eigenvalue weighted by atomic mass is 19.1. The zero-order valence-corrected chi connectivity index (χ0v) is 17.8. The van der Waals surface area contributed by atoms with Crippen LogP contribution in [0, 0.1) is 5.82 Å². The number of carbonyl (C=O) groups is 1. The fourth-order valence-electron chi connectivity index (χ4n) is 3.77. The third-order valence-corrected chi connectivity index (χ3v) is 5.24. The molecular formula is C26H20FN5O. The molecule has 0 aliphatic carbocycles. The Morgan fingerprint density at radius 3 is 2.27 bits per heavy atom. The summed E-state index contributed by atoms with van der Waals surface area (Å²) in [6, 6.07) is 23.7. The number of nitrogens with zero attached hydrogens (tertiary/aromatic N) is 3. The van der Waals surface area contributed by atoms with Crippen molar-refractivity contribution in [2.75, 3.05) is 10.6 Å². The van der Waals surface area contributed by atoms with Gasteiger partial charge in [-0.3, -0.25) is 4.79 Å². The number of hydrogen-bond donors (Lipinski definition) is 2. The van der Waals surface area contributed by atoms with Crippen LogP contribution in [-0.2, 0) is 4.79 Å². The molecule has 7 heteroatoms. The van der Waals surface area contributed by atoms with Gasteiger partial charge in [-0.25, -0.2) is 14.4 Å². The van der Waals surface area contributed by atoms with Crippen LogP contribution in [0.5, 0.6) is 0 Å². The molecule has 0 atom stereocenters. The molecule has 2 N–H and O–H groups in total. The lowest BCUT2D eigenvalue weighted by Gasteiger charge is -2.10. The number of anilines is 3. The SMILES string of the molecule is CC(=O)Nc1ccc(Nc2ncnc3c2c(-c2ccccc2)cn3-c2ccc(F)cc2)cc1. The summed E-state index contributed by atoms with van der Waals surface area (Å²) in [6.45, 7) is 1.47. The van der Waals surface area contributed by atoms with Crippen molar-refractivity contribution >= 4 is 34.1 Å². The van der Waals surface area contributed by atoms with Crippen molar-refractivity contribution in [3.8, 4) is 16.8 Å². The fraction of sp³-hybridized carbons (Fsp3) is 0.0385. The predicted molar refractivity (Wildman–Crippen MR) is 128 cm³/mol. The monoisotopic (exact) mass is 437 g/mol. The number of rotatable bonds is 5. The van der Waals surface area contributed by atoms with E-state index in [9.17, 15) is 9.18 Å². The summed E-state index contributed by atoms with van der Waals surface area (Å²) in [5, 5.41) is 6.98. The molecule has 0 bridgehead atoms. The Kier molecular flexibility index (Phi) is 5.28. The van der Waals surface area contributed by atoms with E-state index in [1.165, 1.54) is 25.4 Å². The Balaban J connectivity index is 1.63. The first-order valence-corrected chi connectivity index (χ1v) is 10.4. The minimum Gasteiger partial charge on any atom is -0.340 e. The highest BCUT2D eigenvalue weighted by molar-refractivity contribution is 6.03. The van der Waals surface area contributed by atoms with Crippen LogP contribution in [0.3, 0.4) is 0 Å². The average Bonchev–Trinajstić information content (AvgIpc) is 3.22. The van der Waals surface area contributed by atoms with Crippen LogP contribution in [0.2, 0.25) is 0 Å². The molecule has 0 unspecified atom stereocenters. The Morgan fingerprint density at radius 2 is 1.58 bits per heavy atom. The lowest BCUT2D eigenvalue weighted by molar-refractivity contribution is -0.114. The van der Waals surface area contributed by atoms with E-state index in [-0.39, 0.29) is 11.7 Å². The number of benzene rings is 3. The summed E-state index contributed by atoms with van der Waals surface area (Å²) >= 11 is 0. The van der Waals surface area contributed by atoms with Gasteiger partial charge in [0.05, 0.1) is 5.39 Å². The molecule has 0 spiro atoms. The highest BCUT2D eigenvalue weighted by Gasteiger charge is 2.17. The first-order valence-electron chi connectivity index (χ1n) is 10.4. The summed E-state index contributed by atoms with van der Waals surface area (Å²) in [5.41, 5.74) is 5.00. The molecule has 1 amide bonds. The molecule has 2 aromatic heterocycles. The smallest absolute Gasteiger partial charge is 0.221 e. The molecule has 5 aromatic rings. The molecule has 3 aromatic carbocycles. The van der Waals surface area contributed by atoms with Gasteiger partial charge >= 0.3 is 0 Å². The third kappa shape index (κ3) is 4.16. The quantitative estimate of drug-likeness (QED) is 0.358. The largest absolute Gasteiger partial charge is 0.340 e. The first-order chi connectivity index (χ1) is 16.1. The number of aromatic nitrogens is 3. The number of fused-ring (bicyclic) bond motifs is 1. The van der Waals surface area contributed by atoms with E-state index in [1.54, 1.807) is 12.1 Å². The Bertz CT molecular complexity index is 1430. The van der Waals surface area contributed by atoms with E-state index < -0.39 is 0 Å². The van der Waals surface area contributed by atoms with Gasteiger partial charge in [-0.15, -0.1) is 0 Å². The number of nitrogens with one attached hydrogen (secondary N) is 2. The number of carbonyl (C=O) groups excluding carboxylic acids is 1. The van der Waals surface area contributed by atoms with E-state index in [4.69, 9.17) is 0 Å². The predicted octanol–water partition coefficient (Wildman–Crippen LogP) is 5.93. The first kappa shape index (κ1) is 20.4. The minimum atomic E-state index is -0.293. The third-order valence-electron chi connectivity index (χ3n) is 5.24. The van der Waals surface area contributed by atoms with E-state index >= 15 is 0 Å². The van der Waals surface area contributed by atoms with Gasteiger partial charge in [0.2, 0.25) is 5.91 Å². The second kappa shape index (κ2) is 8.55. The van der Waals surface area contributed by atoms with Gasteiger partial charge in [0.1, 0.15) is 18.0 Å². The molecule has 2 heterocycles. The van der Waals surface area contributed by atoms with Gasteiger partial charge < -0.3 is 15.2 Å². The van der Waals surface area contributed by atoms with Crippen molar-refractivity contribution in [1.82, 2.24) is 14.5 Å². The van der Waals surface area contributed by atoms with Crippen molar-refractivity contribution in [1.29, 1.82) is 0 Å². The molecule has 6 nitrogen and oxygen atoms in total. The van der Waals surface area contributed by atoms with Gasteiger partial charge in [-0.2, -0.15) is 0 Å². The molecule has 33 heavy (non-hydrogen) atoms. The van der Waals surface area contributed by atoms with Gasteiger partial charge in [0.25, 0.3) is 0 Å². The Hall–Kier alpha value is -4.52. The van der Waals surface area contributed by atoms with Crippen LogP contribution in [0.4, 0.5) is 21.6 Å². The van der Waals surface area contributed by atoms with Crippen LogP contribution >= 0.6 is 0 Å². The molecule has 5 rings (SSSR count). The zero-order valence-electron chi connectivity index (χ0n) is 17.8. The van der Waals surface area contributed by atoms with Crippen molar-refractivity contribution in [2.45, 2.75) is 6.92 Å². The second-order valence-corrected chi connectivity index (χ2v) is 7.56. The molecule has 0 aliphatic heterocycles. The molecule has 0 radical (unpaired) electrons. The van der Waals surface area contributed by atoms with E-state index in [2.05, 4.69) is 20.6 Å². The number of halogens is 1. The van der Waals surface area contributed by atoms with Crippen LogP contribution in [0.25, 0.3) is 27.8 Å². The average molecular weight is 437 g/mol. The molecule has 0 saturated carbocycles. The molecule has 0 aliphatic rings. The number of hydrogen-bond acceptors (Lipinski definition) is 4. The van der Waals surface area contributed by atoms with Gasteiger partial charge in [0.15, 0.2) is 5.65 Å². The maximum atomic E-state index is 13.5. The van der Waals surface area contributed by atoms with Crippen molar-refractivity contribution in [3.63, 3.8) is 0 Å². The standard InChI is InChI=1S/C26H20FN5O/c1-17(33)30-20-9-11-21(12-10-20)31-25-24-23(18-5-3-2-4-6-18)15-32(26(24)29-16-28-25)22-13-7-19(27)8-14-22/h2-16H,1H3,(H,30,33)(H,28,29,31). The van der Waals surface area contributed by atoms with Crippen LogP contribution in [-0.4, -0.2) is 20.4 Å². The summed E-state index contributed by atoms with van der Waals surface area (Å²) in [7, 11) is 0. The summed E-state index contributed by atoms with van der Waals surface area (Å²) in [5.74, 6) is 0.230. The topological polar surface area (TPSA) is 71.8 Å². The second-order valence-electron chi connectivity index (χ2n) is 7.56. The van der Waals surface area contributed by atoms with Gasteiger partial charge in [-0.05, 0) is 54.1 Å².